The Hall–Kier alpha value is -1.94. The van der Waals surface area contributed by atoms with Crippen LogP contribution < -0.4 is 10.1 Å². The molecule has 0 saturated carbocycles. The maximum Gasteiger partial charge on any atom is 0.218 e. The minimum atomic E-state index is -0.235. The summed E-state index contributed by atoms with van der Waals surface area (Å²) < 4.78 is 18.4. The van der Waals surface area contributed by atoms with E-state index in [9.17, 15) is 4.39 Å². The first-order chi connectivity index (χ1) is 9.76. The lowest BCUT2D eigenvalue weighted by Crippen LogP contribution is -2.24. The zero-order valence-electron chi connectivity index (χ0n) is 11.8. The Kier molecular flexibility index (Phi) is 5.07. The monoisotopic (exact) mass is 274 g/mol. The van der Waals surface area contributed by atoms with Gasteiger partial charge in [-0.05, 0) is 36.7 Å². The van der Waals surface area contributed by atoms with Gasteiger partial charge in [0.1, 0.15) is 5.82 Å². The topological polar surface area (TPSA) is 34.2 Å². The van der Waals surface area contributed by atoms with Crippen LogP contribution in [0.4, 0.5) is 4.39 Å². The molecule has 1 aromatic heterocycles. The molecule has 2 aromatic rings. The van der Waals surface area contributed by atoms with Gasteiger partial charge in [-0.25, -0.2) is 9.37 Å². The fraction of sp³-hybridized carbons (Fsp3) is 0.312. The highest BCUT2D eigenvalue weighted by atomic mass is 19.1. The second-order valence-electron chi connectivity index (χ2n) is 4.54. The number of hydrogen-bond donors (Lipinski definition) is 1. The first-order valence-corrected chi connectivity index (χ1v) is 6.74. The zero-order chi connectivity index (χ0) is 14.4. The van der Waals surface area contributed by atoms with Crippen LogP contribution in [0, 0.1) is 5.82 Å². The number of rotatable bonds is 6. The average molecular weight is 274 g/mol. The second kappa shape index (κ2) is 7.01. The number of ether oxygens (including phenoxy) is 1. The van der Waals surface area contributed by atoms with E-state index in [0.29, 0.717) is 5.88 Å². The Morgan fingerprint density at radius 3 is 2.65 bits per heavy atom. The third-order valence-corrected chi connectivity index (χ3v) is 3.11. The maximum atomic E-state index is 13.1. The normalized spacial score (nSPS) is 12.2. The molecule has 0 aliphatic rings. The van der Waals surface area contributed by atoms with Gasteiger partial charge < -0.3 is 10.1 Å². The van der Waals surface area contributed by atoms with Gasteiger partial charge in [0.25, 0.3) is 0 Å². The maximum absolute atomic E-state index is 13.1. The van der Waals surface area contributed by atoms with Crippen molar-refractivity contribution in [3.05, 3.63) is 59.5 Å². The predicted molar refractivity (Wildman–Crippen MR) is 77.3 cm³/mol. The molecular weight excluding hydrogens is 255 g/mol. The van der Waals surface area contributed by atoms with Gasteiger partial charge in [0.05, 0.1) is 13.2 Å². The van der Waals surface area contributed by atoms with Crippen molar-refractivity contribution in [1.82, 2.24) is 10.3 Å². The summed E-state index contributed by atoms with van der Waals surface area (Å²) in [6, 6.07) is 10.3. The summed E-state index contributed by atoms with van der Waals surface area (Å²) >= 11 is 0. The van der Waals surface area contributed by atoms with Crippen molar-refractivity contribution in [1.29, 1.82) is 0 Å². The molecule has 0 spiro atoms. The van der Waals surface area contributed by atoms with Gasteiger partial charge in [-0.15, -0.1) is 0 Å². The van der Waals surface area contributed by atoms with Crippen molar-refractivity contribution in [3.8, 4) is 5.88 Å². The van der Waals surface area contributed by atoms with Gasteiger partial charge in [0, 0.05) is 11.8 Å². The highest BCUT2D eigenvalue weighted by Gasteiger charge is 2.18. The molecule has 1 aromatic carbocycles. The Bertz CT molecular complexity index is 542. The van der Waals surface area contributed by atoms with Gasteiger partial charge in [-0.2, -0.15) is 0 Å². The lowest BCUT2D eigenvalue weighted by atomic mass is 9.99. The van der Waals surface area contributed by atoms with E-state index in [-0.39, 0.29) is 11.9 Å². The summed E-state index contributed by atoms with van der Waals surface area (Å²) in [4.78, 5) is 4.23. The third kappa shape index (κ3) is 3.33. The Morgan fingerprint density at radius 1 is 1.25 bits per heavy atom. The summed E-state index contributed by atoms with van der Waals surface area (Å²) in [5.74, 6) is 0.353. The van der Waals surface area contributed by atoms with Crippen LogP contribution in [0.25, 0.3) is 0 Å². The molecule has 0 saturated heterocycles. The predicted octanol–water partition coefficient (Wildman–Crippen LogP) is 3.32. The van der Waals surface area contributed by atoms with E-state index in [4.69, 9.17) is 4.74 Å². The highest BCUT2D eigenvalue weighted by Crippen LogP contribution is 2.28. The van der Waals surface area contributed by atoms with Crippen LogP contribution in [0.5, 0.6) is 5.88 Å². The largest absolute Gasteiger partial charge is 0.481 e. The smallest absolute Gasteiger partial charge is 0.218 e. The molecule has 1 unspecified atom stereocenters. The quantitative estimate of drug-likeness (QED) is 0.877. The molecule has 0 radical (unpaired) electrons. The molecule has 20 heavy (non-hydrogen) atoms. The molecule has 1 heterocycles. The molecule has 4 heteroatoms. The van der Waals surface area contributed by atoms with Crippen LogP contribution in [0.15, 0.2) is 42.6 Å². The van der Waals surface area contributed by atoms with Crippen LogP contribution in [0.1, 0.15) is 30.5 Å². The van der Waals surface area contributed by atoms with Crippen LogP contribution >= 0.6 is 0 Å². The molecule has 0 aliphatic heterocycles. The van der Waals surface area contributed by atoms with Crippen LogP contribution in [0.3, 0.4) is 0 Å². The molecule has 1 N–H and O–H groups in total. The molecule has 0 fully saturated rings. The van der Waals surface area contributed by atoms with Crippen molar-refractivity contribution in [2.24, 2.45) is 0 Å². The van der Waals surface area contributed by atoms with Gasteiger partial charge in [0.15, 0.2) is 0 Å². The standard InChI is InChI=1S/C16H19FN2O/c1-3-10-18-15(12-6-8-13(17)9-7-12)14-5-4-11-19-16(14)20-2/h4-9,11,15,18H,3,10H2,1-2H3. The molecule has 106 valence electrons. The summed E-state index contributed by atoms with van der Waals surface area (Å²) in [7, 11) is 1.60. The van der Waals surface area contributed by atoms with Gasteiger partial charge in [-0.3, -0.25) is 0 Å². The van der Waals surface area contributed by atoms with Gasteiger partial charge in [0.2, 0.25) is 5.88 Å². The van der Waals surface area contributed by atoms with Crippen molar-refractivity contribution in [3.63, 3.8) is 0 Å². The number of aromatic nitrogens is 1. The minimum absolute atomic E-state index is 0.0563. The first kappa shape index (κ1) is 14.5. The van der Waals surface area contributed by atoms with Crippen molar-refractivity contribution in [2.75, 3.05) is 13.7 Å². The number of nitrogens with one attached hydrogen (secondary N) is 1. The molecule has 0 aliphatic carbocycles. The fourth-order valence-electron chi connectivity index (χ4n) is 2.14. The van der Waals surface area contributed by atoms with Gasteiger partial charge in [-0.1, -0.05) is 25.1 Å². The first-order valence-electron chi connectivity index (χ1n) is 6.74. The second-order valence-corrected chi connectivity index (χ2v) is 4.54. The summed E-state index contributed by atoms with van der Waals surface area (Å²) in [5.41, 5.74) is 1.95. The number of benzene rings is 1. The van der Waals surface area contributed by atoms with Gasteiger partial charge >= 0.3 is 0 Å². The van der Waals surface area contributed by atoms with Crippen LogP contribution in [-0.4, -0.2) is 18.6 Å². The summed E-state index contributed by atoms with van der Waals surface area (Å²) in [6.45, 7) is 2.97. The van der Waals surface area contributed by atoms with Crippen molar-refractivity contribution >= 4 is 0 Å². The Labute approximate surface area is 118 Å². The zero-order valence-corrected chi connectivity index (χ0v) is 11.8. The summed E-state index contributed by atoms with van der Waals surface area (Å²) in [6.07, 6.45) is 2.71. The highest BCUT2D eigenvalue weighted by molar-refractivity contribution is 5.37. The van der Waals surface area contributed by atoms with E-state index >= 15 is 0 Å². The Morgan fingerprint density at radius 2 is 2.00 bits per heavy atom. The van der Waals surface area contributed by atoms with E-state index in [0.717, 1.165) is 24.1 Å². The fourth-order valence-corrected chi connectivity index (χ4v) is 2.14. The van der Waals surface area contributed by atoms with Crippen molar-refractivity contribution < 1.29 is 9.13 Å². The van der Waals surface area contributed by atoms with E-state index in [1.807, 2.05) is 12.1 Å². The number of methoxy groups -OCH3 is 1. The van der Waals surface area contributed by atoms with Crippen LogP contribution in [-0.2, 0) is 0 Å². The molecule has 0 amide bonds. The number of pyridine rings is 1. The molecule has 1 atom stereocenters. The average Bonchev–Trinajstić information content (AvgIpc) is 2.50. The van der Waals surface area contributed by atoms with E-state index < -0.39 is 0 Å². The molecule has 2 rings (SSSR count). The lowest BCUT2D eigenvalue weighted by Gasteiger charge is -2.21. The molecule has 3 nitrogen and oxygen atoms in total. The molecular formula is C16H19FN2O. The van der Waals surface area contributed by atoms with Crippen molar-refractivity contribution in [2.45, 2.75) is 19.4 Å². The molecule has 0 bridgehead atoms. The lowest BCUT2D eigenvalue weighted by molar-refractivity contribution is 0.387. The van der Waals surface area contributed by atoms with Crippen LogP contribution in [0.2, 0.25) is 0 Å². The number of nitrogens with zero attached hydrogens (tertiary/aromatic N) is 1. The number of hydrogen-bond acceptors (Lipinski definition) is 3. The summed E-state index contributed by atoms with van der Waals surface area (Å²) in [5, 5.41) is 3.45. The number of halogens is 1. The van der Waals surface area contributed by atoms with E-state index in [1.165, 1.54) is 12.1 Å². The van der Waals surface area contributed by atoms with E-state index in [1.54, 1.807) is 25.4 Å². The SMILES string of the molecule is CCCNC(c1ccc(F)cc1)c1cccnc1OC. The third-order valence-electron chi connectivity index (χ3n) is 3.11. The Balaban J connectivity index is 2.38. The van der Waals surface area contributed by atoms with E-state index in [2.05, 4.69) is 17.2 Å². The minimum Gasteiger partial charge on any atom is -0.481 e.